The first kappa shape index (κ1) is 19.1. The smallest absolute Gasteiger partial charge is 0.0340 e. The van der Waals surface area contributed by atoms with Gasteiger partial charge >= 0.3 is 0 Å². The van der Waals surface area contributed by atoms with Gasteiger partial charge in [-0.25, -0.2) is 0 Å². The van der Waals surface area contributed by atoms with E-state index in [-0.39, 0.29) is 5.92 Å². The van der Waals surface area contributed by atoms with Crippen LogP contribution < -0.4 is 0 Å². The third-order valence-electron chi connectivity index (χ3n) is 5.79. The minimum absolute atomic E-state index is 0.175. The van der Waals surface area contributed by atoms with E-state index in [1.165, 1.54) is 38.9 Å². The third kappa shape index (κ3) is 4.20. The summed E-state index contributed by atoms with van der Waals surface area (Å²) in [4.78, 5) is 0. The van der Waals surface area contributed by atoms with E-state index in [9.17, 15) is 0 Å². The van der Waals surface area contributed by atoms with Crippen molar-refractivity contribution in [1.82, 2.24) is 0 Å². The number of benzene rings is 5. The largest absolute Gasteiger partial charge is 0.0622 e. The van der Waals surface area contributed by atoms with E-state index in [2.05, 4.69) is 140 Å². The molecule has 0 fully saturated rings. The van der Waals surface area contributed by atoms with Crippen LogP contribution in [0.2, 0.25) is 0 Å². The van der Waals surface area contributed by atoms with Gasteiger partial charge in [0.15, 0.2) is 0 Å². The molecule has 0 heterocycles. The Bertz CT molecular complexity index is 1170. The average molecular weight is 397 g/mol. The molecule has 5 rings (SSSR count). The molecule has 5 aromatic carbocycles. The van der Waals surface area contributed by atoms with Crippen LogP contribution >= 0.6 is 0 Å². The van der Waals surface area contributed by atoms with Crippen LogP contribution in [0.25, 0.3) is 22.3 Å². The summed E-state index contributed by atoms with van der Waals surface area (Å²) >= 11 is 0. The van der Waals surface area contributed by atoms with Crippen LogP contribution in [-0.2, 0) is 0 Å². The van der Waals surface area contributed by atoms with Crippen LogP contribution in [0.5, 0.6) is 0 Å². The van der Waals surface area contributed by atoms with Crippen LogP contribution in [0.3, 0.4) is 0 Å². The van der Waals surface area contributed by atoms with Gasteiger partial charge in [0.25, 0.3) is 0 Å². The van der Waals surface area contributed by atoms with Gasteiger partial charge in [0.05, 0.1) is 0 Å². The maximum Gasteiger partial charge on any atom is 0.0340 e. The second-order valence-electron chi connectivity index (χ2n) is 7.83. The molecule has 0 saturated heterocycles. The third-order valence-corrected chi connectivity index (χ3v) is 5.79. The van der Waals surface area contributed by atoms with Crippen molar-refractivity contribution < 1.29 is 0 Å². The van der Waals surface area contributed by atoms with Crippen LogP contribution in [0.4, 0.5) is 0 Å². The second-order valence-corrected chi connectivity index (χ2v) is 7.83. The molecule has 0 spiro atoms. The Balaban J connectivity index is 1.63. The maximum atomic E-state index is 2.34. The van der Waals surface area contributed by atoms with Crippen LogP contribution in [0.1, 0.15) is 22.6 Å². The molecular weight excluding hydrogens is 372 g/mol. The van der Waals surface area contributed by atoms with Gasteiger partial charge in [0.1, 0.15) is 0 Å². The molecule has 0 N–H and O–H groups in total. The molecular formula is C31H24. The van der Waals surface area contributed by atoms with E-state index in [4.69, 9.17) is 0 Å². The standard InChI is InChI=1S/C31H24/c1-4-12-24(13-5-1)27-18-10-20-29(22-27)31(26-16-8-3-9-17-26)30-21-11-19-28(23-30)25-14-6-2-7-15-25/h1-23,31H. The van der Waals surface area contributed by atoms with E-state index >= 15 is 0 Å². The monoisotopic (exact) mass is 396 g/mol. The van der Waals surface area contributed by atoms with Crippen LogP contribution in [0.15, 0.2) is 140 Å². The molecule has 148 valence electrons. The molecule has 0 bridgehead atoms. The molecule has 0 saturated carbocycles. The first-order valence-electron chi connectivity index (χ1n) is 10.7. The molecule has 0 unspecified atom stereocenters. The fourth-order valence-corrected chi connectivity index (χ4v) is 4.28. The predicted octanol–water partition coefficient (Wildman–Crippen LogP) is 8.20. The average Bonchev–Trinajstić information content (AvgIpc) is 2.86. The van der Waals surface area contributed by atoms with Gasteiger partial charge in [-0.3, -0.25) is 0 Å². The maximum absolute atomic E-state index is 2.34. The van der Waals surface area contributed by atoms with Crippen molar-refractivity contribution in [3.8, 4) is 22.3 Å². The first-order chi connectivity index (χ1) is 15.4. The van der Waals surface area contributed by atoms with Crippen molar-refractivity contribution in [2.24, 2.45) is 0 Å². The second kappa shape index (κ2) is 8.85. The molecule has 31 heavy (non-hydrogen) atoms. The molecule has 0 amide bonds. The van der Waals surface area contributed by atoms with Gasteiger partial charge < -0.3 is 0 Å². The van der Waals surface area contributed by atoms with E-state index in [0.29, 0.717) is 0 Å². The zero-order valence-corrected chi connectivity index (χ0v) is 17.4. The molecule has 0 aromatic heterocycles. The van der Waals surface area contributed by atoms with E-state index in [1.54, 1.807) is 0 Å². The van der Waals surface area contributed by atoms with Crippen LogP contribution in [-0.4, -0.2) is 0 Å². The Labute approximate surface area is 184 Å². The van der Waals surface area contributed by atoms with Gasteiger partial charge in [-0.05, 0) is 38.9 Å². The Kier molecular flexibility index (Phi) is 5.45. The van der Waals surface area contributed by atoms with Crippen molar-refractivity contribution in [3.05, 3.63) is 156 Å². The topological polar surface area (TPSA) is 0 Å². The van der Waals surface area contributed by atoms with Crippen LogP contribution in [0, 0.1) is 0 Å². The first-order valence-corrected chi connectivity index (χ1v) is 10.7. The van der Waals surface area contributed by atoms with Crippen molar-refractivity contribution in [2.75, 3.05) is 0 Å². The Morgan fingerprint density at radius 1 is 0.290 bits per heavy atom. The van der Waals surface area contributed by atoms with Crippen molar-refractivity contribution in [1.29, 1.82) is 0 Å². The number of rotatable bonds is 5. The summed E-state index contributed by atoms with van der Waals surface area (Å²) in [6, 6.07) is 49.9. The predicted molar refractivity (Wildman–Crippen MR) is 131 cm³/mol. The lowest BCUT2D eigenvalue weighted by Crippen LogP contribution is -2.04. The normalized spacial score (nSPS) is 10.9. The lowest BCUT2D eigenvalue weighted by molar-refractivity contribution is 0.978. The highest BCUT2D eigenvalue weighted by molar-refractivity contribution is 5.67. The lowest BCUT2D eigenvalue weighted by Gasteiger charge is -2.20. The highest BCUT2D eigenvalue weighted by Crippen LogP contribution is 2.35. The molecule has 0 radical (unpaired) electrons. The minimum Gasteiger partial charge on any atom is -0.0622 e. The van der Waals surface area contributed by atoms with E-state index in [1.807, 2.05) is 0 Å². The molecule has 0 aliphatic carbocycles. The SMILES string of the molecule is c1ccc(-c2cccc(C(c3ccccc3)c3cccc(-c4ccccc4)c3)c2)cc1. The fourth-order valence-electron chi connectivity index (χ4n) is 4.28. The number of hydrogen-bond donors (Lipinski definition) is 0. The molecule has 0 heteroatoms. The molecule has 0 atom stereocenters. The van der Waals surface area contributed by atoms with Gasteiger partial charge in [-0.1, -0.05) is 140 Å². The van der Waals surface area contributed by atoms with Gasteiger partial charge in [-0.15, -0.1) is 0 Å². The number of hydrogen-bond acceptors (Lipinski definition) is 0. The lowest BCUT2D eigenvalue weighted by atomic mass is 9.83. The fraction of sp³-hybridized carbons (Fsp3) is 0.0323. The van der Waals surface area contributed by atoms with Crippen molar-refractivity contribution in [3.63, 3.8) is 0 Å². The molecule has 0 aliphatic rings. The van der Waals surface area contributed by atoms with Gasteiger partial charge in [-0.2, -0.15) is 0 Å². The molecule has 0 aliphatic heterocycles. The van der Waals surface area contributed by atoms with E-state index < -0.39 is 0 Å². The molecule has 5 aromatic rings. The van der Waals surface area contributed by atoms with Gasteiger partial charge in [0, 0.05) is 5.92 Å². The summed E-state index contributed by atoms with van der Waals surface area (Å²) in [5.41, 5.74) is 8.90. The molecule has 0 nitrogen and oxygen atoms in total. The minimum atomic E-state index is 0.175. The summed E-state index contributed by atoms with van der Waals surface area (Å²) in [5, 5.41) is 0. The quantitative estimate of drug-likeness (QED) is 0.263. The highest BCUT2D eigenvalue weighted by atomic mass is 14.2. The summed E-state index contributed by atoms with van der Waals surface area (Å²) in [7, 11) is 0. The summed E-state index contributed by atoms with van der Waals surface area (Å²) in [5.74, 6) is 0.175. The van der Waals surface area contributed by atoms with E-state index in [0.717, 1.165) is 0 Å². The Morgan fingerprint density at radius 3 is 1.10 bits per heavy atom. The summed E-state index contributed by atoms with van der Waals surface area (Å²) < 4.78 is 0. The zero-order chi connectivity index (χ0) is 20.9. The zero-order valence-electron chi connectivity index (χ0n) is 17.4. The highest BCUT2D eigenvalue weighted by Gasteiger charge is 2.18. The summed E-state index contributed by atoms with van der Waals surface area (Å²) in [6.07, 6.45) is 0. The Morgan fingerprint density at radius 2 is 0.645 bits per heavy atom. The van der Waals surface area contributed by atoms with Gasteiger partial charge in [0.2, 0.25) is 0 Å². The van der Waals surface area contributed by atoms with Crippen molar-refractivity contribution >= 4 is 0 Å². The summed E-state index contributed by atoms with van der Waals surface area (Å²) in [6.45, 7) is 0. The van der Waals surface area contributed by atoms with Crippen molar-refractivity contribution in [2.45, 2.75) is 5.92 Å². The Hall–Kier alpha value is -3.90.